The number of nitrogens with one attached hydrogen (secondary N) is 1. The first-order valence-electron chi connectivity index (χ1n) is 7.73. The fourth-order valence-electron chi connectivity index (χ4n) is 2.52. The number of carbonyl (C=O) groups excluding carboxylic acids is 1. The van der Waals surface area contributed by atoms with Crippen LogP contribution in [0, 0.1) is 11.6 Å². The van der Waals surface area contributed by atoms with Gasteiger partial charge in [-0.2, -0.15) is 0 Å². The number of aliphatic hydroxyl groups excluding tert-OH is 1. The maximum Gasteiger partial charge on any atom is 0.259 e. The Morgan fingerprint density at radius 2 is 2.04 bits per heavy atom. The van der Waals surface area contributed by atoms with Crippen molar-refractivity contribution in [2.75, 3.05) is 5.32 Å². The summed E-state index contributed by atoms with van der Waals surface area (Å²) >= 11 is 5.85. The number of carbonyl (C=O) groups is 1. The Morgan fingerprint density at radius 3 is 2.67 bits per heavy atom. The molecule has 0 saturated carbocycles. The molecule has 0 aliphatic rings. The standard InChI is InChI=1S/C18H14ClF2N3O3/c1-24-7-14(22-16(24)8-25)9-6-15(26)10(5-13(9)21)18(27)23-17-11(19)3-2-4-12(17)20/h2-7,25-26H,8H2,1H3,(H,23,27). The second kappa shape index (κ2) is 7.34. The van der Waals surface area contributed by atoms with Crippen molar-refractivity contribution in [1.29, 1.82) is 0 Å². The average Bonchev–Trinajstić information content (AvgIpc) is 3.00. The van der Waals surface area contributed by atoms with Crippen molar-refractivity contribution in [2.45, 2.75) is 6.61 Å². The first-order valence-corrected chi connectivity index (χ1v) is 8.11. The summed E-state index contributed by atoms with van der Waals surface area (Å²) in [6.07, 6.45) is 1.47. The normalized spacial score (nSPS) is 10.9. The fourth-order valence-corrected chi connectivity index (χ4v) is 2.73. The van der Waals surface area contributed by atoms with E-state index < -0.39 is 28.9 Å². The molecule has 9 heteroatoms. The Bertz CT molecular complexity index is 1020. The van der Waals surface area contributed by atoms with Gasteiger partial charge in [0.1, 0.15) is 29.8 Å². The molecule has 0 saturated heterocycles. The monoisotopic (exact) mass is 393 g/mol. The Labute approximate surface area is 157 Å². The van der Waals surface area contributed by atoms with Crippen LogP contribution >= 0.6 is 11.6 Å². The molecule has 0 fully saturated rings. The highest BCUT2D eigenvalue weighted by Gasteiger charge is 2.20. The molecule has 3 N–H and O–H groups in total. The van der Waals surface area contributed by atoms with Crippen LogP contribution in [0.2, 0.25) is 5.02 Å². The molecule has 6 nitrogen and oxygen atoms in total. The number of amides is 1. The highest BCUT2D eigenvalue weighted by molar-refractivity contribution is 6.34. The zero-order valence-electron chi connectivity index (χ0n) is 14.0. The van der Waals surface area contributed by atoms with Crippen LogP contribution in [0.4, 0.5) is 14.5 Å². The number of aliphatic hydroxyl groups is 1. The predicted molar refractivity (Wildman–Crippen MR) is 95.6 cm³/mol. The SMILES string of the molecule is Cn1cc(-c2cc(O)c(C(=O)Nc3c(F)cccc3Cl)cc2F)nc1CO. The Hall–Kier alpha value is -2.97. The number of aryl methyl sites for hydroxylation is 1. The van der Waals surface area contributed by atoms with Crippen molar-refractivity contribution in [3.8, 4) is 17.0 Å². The second-order valence-electron chi connectivity index (χ2n) is 5.71. The summed E-state index contributed by atoms with van der Waals surface area (Å²) < 4.78 is 29.8. The summed E-state index contributed by atoms with van der Waals surface area (Å²) in [7, 11) is 1.62. The van der Waals surface area contributed by atoms with E-state index >= 15 is 0 Å². The van der Waals surface area contributed by atoms with Crippen molar-refractivity contribution < 1.29 is 23.8 Å². The smallest absolute Gasteiger partial charge is 0.259 e. The average molecular weight is 394 g/mol. The van der Waals surface area contributed by atoms with Gasteiger partial charge in [-0.15, -0.1) is 0 Å². The highest BCUT2D eigenvalue weighted by Crippen LogP contribution is 2.31. The zero-order chi connectivity index (χ0) is 19.7. The van der Waals surface area contributed by atoms with Crippen LogP contribution in [0.5, 0.6) is 5.75 Å². The number of anilines is 1. The van der Waals surface area contributed by atoms with E-state index in [0.29, 0.717) is 5.82 Å². The van der Waals surface area contributed by atoms with Crippen LogP contribution in [0.1, 0.15) is 16.2 Å². The lowest BCUT2D eigenvalue weighted by molar-refractivity contribution is 0.102. The van der Waals surface area contributed by atoms with Gasteiger partial charge in [-0.1, -0.05) is 17.7 Å². The number of halogens is 3. The number of aromatic nitrogens is 2. The van der Waals surface area contributed by atoms with Crippen LogP contribution in [0.3, 0.4) is 0 Å². The number of hydrogen-bond acceptors (Lipinski definition) is 4. The van der Waals surface area contributed by atoms with E-state index in [1.54, 1.807) is 7.05 Å². The van der Waals surface area contributed by atoms with Crippen molar-refractivity contribution in [3.63, 3.8) is 0 Å². The molecule has 27 heavy (non-hydrogen) atoms. The quantitative estimate of drug-likeness (QED) is 0.633. The molecule has 0 bridgehead atoms. The van der Waals surface area contributed by atoms with E-state index in [1.807, 2.05) is 0 Å². The minimum atomic E-state index is -0.929. The summed E-state index contributed by atoms with van der Waals surface area (Å²) in [6, 6.07) is 5.71. The van der Waals surface area contributed by atoms with E-state index in [9.17, 15) is 23.8 Å². The molecular weight excluding hydrogens is 380 g/mol. The lowest BCUT2D eigenvalue weighted by Crippen LogP contribution is -2.14. The van der Waals surface area contributed by atoms with Gasteiger partial charge in [-0.25, -0.2) is 13.8 Å². The minimum absolute atomic E-state index is 0.0371. The number of para-hydroxylation sites is 1. The largest absolute Gasteiger partial charge is 0.507 e. The number of rotatable bonds is 4. The number of phenolic OH excluding ortho intramolecular Hbond substituents is 1. The summed E-state index contributed by atoms with van der Waals surface area (Å²) in [5.41, 5.74) is -0.541. The van der Waals surface area contributed by atoms with Gasteiger partial charge < -0.3 is 20.1 Å². The van der Waals surface area contributed by atoms with Crippen molar-refractivity contribution >= 4 is 23.2 Å². The minimum Gasteiger partial charge on any atom is -0.507 e. The van der Waals surface area contributed by atoms with Gasteiger partial charge >= 0.3 is 0 Å². The summed E-state index contributed by atoms with van der Waals surface area (Å²) in [4.78, 5) is 16.4. The lowest BCUT2D eigenvalue weighted by Gasteiger charge is -2.10. The van der Waals surface area contributed by atoms with Crippen LogP contribution in [0.25, 0.3) is 11.3 Å². The van der Waals surface area contributed by atoms with Gasteiger partial charge in [0.15, 0.2) is 0 Å². The van der Waals surface area contributed by atoms with Gasteiger partial charge in [0.25, 0.3) is 5.91 Å². The number of benzene rings is 2. The number of imidazole rings is 1. The molecule has 3 aromatic rings. The first-order chi connectivity index (χ1) is 12.8. The van der Waals surface area contributed by atoms with E-state index in [1.165, 1.54) is 22.9 Å². The third-order valence-electron chi connectivity index (χ3n) is 3.92. The van der Waals surface area contributed by atoms with E-state index in [0.717, 1.165) is 18.2 Å². The molecule has 0 aliphatic carbocycles. The molecule has 3 rings (SSSR count). The topological polar surface area (TPSA) is 87.4 Å². The molecular formula is C18H14ClF2N3O3. The number of nitrogens with zero attached hydrogens (tertiary/aromatic N) is 2. The molecule has 0 aliphatic heterocycles. The number of hydrogen-bond donors (Lipinski definition) is 3. The first kappa shape index (κ1) is 18.8. The number of aromatic hydroxyl groups is 1. The third kappa shape index (κ3) is 3.62. The van der Waals surface area contributed by atoms with Crippen molar-refractivity contribution in [1.82, 2.24) is 9.55 Å². The molecule has 0 spiro atoms. The maximum absolute atomic E-state index is 14.5. The van der Waals surface area contributed by atoms with Gasteiger partial charge in [0.05, 0.1) is 22.0 Å². The zero-order valence-corrected chi connectivity index (χ0v) is 14.8. The Balaban J connectivity index is 1.95. The maximum atomic E-state index is 14.5. The van der Waals surface area contributed by atoms with Gasteiger partial charge in [0.2, 0.25) is 0 Å². The predicted octanol–water partition coefficient (Wildman–Crippen LogP) is 3.47. The highest BCUT2D eigenvalue weighted by atomic mass is 35.5. The van der Waals surface area contributed by atoms with Crippen LogP contribution in [-0.4, -0.2) is 25.7 Å². The molecule has 140 valence electrons. The fraction of sp³-hybridized carbons (Fsp3) is 0.111. The van der Waals surface area contributed by atoms with Crippen LogP contribution in [0.15, 0.2) is 36.5 Å². The van der Waals surface area contributed by atoms with E-state index in [4.69, 9.17) is 11.6 Å². The van der Waals surface area contributed by atoms with Crippen molar-refractivity contribution in [2.24, 2.45) is 7.05 Å². The molecule has 0 unspecified atom stereocenters. The van der Waals surface area contributed by atoms with E-state index in [2.05, 4.69) is 10.3 Å². The molecule has 1 amide bonds. The Morgan fingerprint density at radius 1 is 1.30 bits per heavy atom. The third-order valence-corrected chi connectivity index (χ3v) is 4.24. The molecule has 0 radical (unpaired) electrons. The lowest BCUT2D eigenvalue weighted by atomic mass is 10.1. The Kier molecular flexibility index (Phi) is 5.11. The van der Waals surface area contributed by atoms with Gasteiger partial charge in [-0.05, 0) is 24.3 Å². The van der Waals surface area contributed by atoms with Crippen molar-refractivity contribution in [3.05, 3.63) is 64.6 Å². The summed E-state index contributed by atoms with van der Waals surface area (Å²) in [6.45, 7) is -0.339. The number of phenols is 1. The van der Waals surface area contributed by atoms with Gasteiger partial charge in [0, 0.05) is 18.8 Å². The second-order valence-corrected chi connectivity index (χ2v) is 6.12. The molecule has 2 aromatic carbocycles. The van der Waals surface area contributed by atoms with Crippen LogP contribution < -0.4 is 5.32 Å². The van der Waals surface area contributed by atoms with E-state index in [-0.39, 0.29) is 28.6 Å². The summed E-state index contributed by atoms with van der Waals surface area (Å²) in [5.74, 6) is -2.73. The summed E-state index contributed by atoms with van der Waals surface area (Å²) in [5, 5.41) is 21.5. The molecule has 0 atom stereocenters. The van der Waals surface area contributed by atoms with Gasteiger partial charge in [-0.3, -0.25) is 4.79 Å². The molecule has 1 heterocycles. The molecule has 1 aromatic heterocycles. The van der Waals surface area contributed by atoms with Crippen LogP contribution in [-0.2, 0) is 13.7 Å².